The van der Waals surface area contributed by atoms with E-state index < -0.39 is 60.4 Å². The molecule has 9 heteroatoms. The van der Waals surface area contributed by atoms with Gasteiger partial charge >= 0.3 is 6.09 Å². The van der Waals surface area contributed by atoms with Crippen LogP contribution in [0.2, 0.25) is 0 Å². The van der Waals surface area contributed by atoms with Gasteiger partial charge in [0.2, 0.25) is 5.91 Å². The number of ether oxygens (including phenoxy) is 1. The van der Waals surface area contributed by atoms with Gasteiger partial charge in [-0.15, -0.1) is 0 Å². The first kappa shape index (κ1) is 22.9. The van der Waals surface area contributed by atoms with Crippen LogP contribution < -0.4 is 0 Å². The fourth-order valence-electron chi connectivity index (χ4n) is 4.33. The summed E-state index contributed by atoms with van der Waals surface area (Å²) in [6, 6.07) is 4.59. The smallest absolute Gasteiger partial charge is 0.416 e. The lowest BCUT2D eigenvalue weighted by Gasteiger charge is -2.39. The van der Waals surface area contributed by atoms with Gasteiger partial charge in [-0.3, -0.25) is 19.3 Å². The van der Waals surface area contributed by atoms with Crippen molar-refractivity contribution in [2.75, 3.05) is 13.2 Å². The third kappa shape index (κ3) is 3.83. The van der Waals surface area contributed by atoms with Gasteiger partial charge in [-0.05, 0) is 25.0 Å². The molecule has 2 heterocycles. The van der Waals surface area contributed by atoms with Gasteiger partial charge in [-0.1, -0.05) is 32.9 Å². The molecule has 2 N–H and O–H groups in total. The number of hydrogen-bond donors (Lipinski definition) is 2. The van der Waals surface area contributed by atoms with Crippen molar-refractivity contribution in [1.82, 2.24) is 9.80 Å². The first-order valence-corrected chi connectivity index (χ1v) is 10.4. The SMILES string of the molecule is CC(C)[C@@H]1COC(=O)N1C(=O)[C@H]([C@H]([C@@H](C)CO)N1C(=O)c2ccccc2C1=O)[C@H](C)O. The predicted molar refractivity (Wildman–Crippen MR) is 109 cm³/mol. The summed E-state index contributed by atoms with van der Waals surface area (Å²) in [5.74, 6) is -4.10. The first-order valence-electron chi connectivity index (χ1n) is 10.4. The lowest BCUT2D eigenvalue weighted by molar-refractivity contribution is -0.141. The van der Waals surface area contributed by atoms with E-state index in [0.717, 1.165) is 9.80 Å². The van der Waals surface area contributed by atoms with Crippen molar-refractivity contribution in [3.05, 3.63) is 35.4 Å². The van der Waals surface area contributed by atoms with Crippen LogP contribution >= 0.6 is 0 Å². The molecule has 0 bridgehead atoms. The van der Waals surface area contributed by atoms with E-state index in [0.29, 0.717) is 0 Å². The molecule has 0 aliphatic carbocycles. The Morgan fingerprint density at radius 3 is 2.10 bits per heavy atom. The molecule has 5 atom stereocenters. The van der Waals surface area contributed by atoms with Gasteiger partial charge in [0.15, 0.2) is 0 Å². The molecule has 1 aromatic carbocycles. The maximum atomic E-state index is 13.6. The highest BCUT2D eigenvalue weighted by Crippen LogP contribution is 2.34. The zero-order valence-corrected chi connectivity index (χ0v) is 18.0. The summed E-state index contributed by atoms with van der Waals surface area (Å²) in [6.07, 6.45) is -2.14. The number of hydrogen-bond acceptors (Lipinski definition) is 7. The molecular weight excluding hydrogens is 404 g/mol. The van der Waals surface area contributed by atoms with Crippen molar-refractivity contribution >= 4 is 23.8 Å². The summed E-state index contributed by atoms with van der Waals surface area (Å²) in [6.45, 7) is 6.21. The van der Waals surface area contributed by atoms with Gasteiger partial charge < -0.3 is 14.9 Å². The fourth-order valence-corrected chi connectivity index (χ4v) is 4.33. The molecule has 1 fully saturated rings. The number of cyclic esters (lactones) is 1. The minimum absolute atomic E-state index is 0.0298. The van der Waals surface area contributed by atoms with E-state index in [1.807, 2.05) is 13.8 Å². The normalized spacial score (nSPS) is 22.4. The van der Waals surface area contributed by atoms with Gasteiger partial charge in [0.25, 0.3) is 11.8 Å². The van der Waals surface area contributed by atoms with Crippen LogP contribution in [-0.2, 0) is 9.53 Å². The number of imide groups is 2. The second kappa shape index (κ2) is 8.76. The Labute approximate surface area is 180 Å². The molecule has 0 saturated carbocycles. The Morgan fingerprint density at radius 1 is 1.10 bits per heavy atom. The average molecular weight is 432 g/mol. The molecular formula is C22H28N2O7. The summed E-state index contributed by atoms with van der Waals surface area (Å²) in [5, 5.41) is 20.5. The number of aliphatic hydroxyl groups excluding tert-OH is 2. The van der Waals surface area contributed by atoms with Gasteiger partial charge in [-0.25, -0.2) is 9.69 Å². The molecule has 0 aromatic heterocycles. The second-order valence-corrected chi connectivity index (χ2v) is 8.54. The molecule has 3 rings (SSSR count). The lowest BCUT2D eigenvalue weighted by atomic mass is 9.83. The summed E-state index contributed by atoms with van der Waals surface area (Å²) in [4.78, 5) is 54.0. The van der Waals surface area contributed by atoms with Crippen LogP contribution in [-0.4, -0.2) is 75.2 Å². The summed E-state index contributed by atoms with van der Waals surface area (Å²) < 4.78 is 5.06. The first-order chi connectivity index (χ1) is 14.6. The van der Waals surface area contributed by atoms with Crippen LogP contribution in [0.5, 0.6) is 0 Å². The van der Waals surface area contributed by atoms with Gasteiger partial charge in [0.1, 0.15) is 6.61 Å². The fraction of sp³-hybridized carbons (Fsp3) is 0.545. The van der Waals surface area contributed by atoms with Gasteiger partial charge in [0.05, 0.1) is 35.2 Å². The van der Waals surface area contributed by atoms with Gasteiger partial charge in [-0.2, -0.15) is 0 Å². The van der Waals surface area contributed by atoms with Crippen LogP contribution in [0.4, 0.5) is 4.79 Å². The highest BCUT2D eigenvalue weighted by molar-refractivity contribution is 6.21. The Kier molecular flexibility index (Phi) is 6.47. The minimum atomic E-state index is -1.32. The molecule has 0 unspecified atom stereocenters. The van der Waals surface area contributed by atoms with Crippen molar-refractivity contribution in [1.29, 1.82) is 0 Å². The molecule has 168 valence electrons. The molecule has 31 heavy (non-hydrogen) atoms. The van der Waals surface area contributed by atoms with E-state index in [9.17, 15) is 29.4 Å². The topological polar surface area (TPSA) is 124 Å². The summed E-state index contributed by atoms with van der Waals surface area (Å²) in [5.41, 5.74) is 0.389. The van der Waals surface area contributed by atoms with Crippen LogP contribution in [0.25, 0.3) is 0 Å². The van der Waals surface area contributed by atoms with Crippen LogP contribution in [0, 0.1) is 17.8 Å². The number of carbonyl (C=O) groups excluding carboxylic acids is 4. The maximum absolute atomic E-state index is 13.6. The number of carbonyl (C=O) groups is 4. The van der Waals surface area contributed by atoms with E-state index in [1.165, 1.54) is 19.1 Å². The quantitative estimate of drug-likeness (QED) is 0.622. The largest absolute Gasteiger partial charge is 0.447 e. The number of aliphatic hydroxyl groups is 2. The molecule has 0 spiro atoms. The standard InChI is InChI=1S/C22H28N2O7/c1-11(2)16-10-31-22(30)23(16)21(29)17(13(4)26)18(12(3)9-25)24-19(27)14-7-5-6-8-15(14)20(24)28/h5-8,11-13,16-18,25-26H,9-10H2,1-4H3/t12-,13-,16-,17-,18-/m0/s1. The van der Waals surface area contributed by atoms with Crippen molar-refractivity contribution in [3.8, 4) is 0 Å². The van der Waals surface area contributed by atoms with E-state index in [2.05, 4.69) is 0 Å². The Morgan fingerprint density at radius 2 is 1.65 bits per heavy atom. The highest BCUT2D eigenvalue weighted by atomic mass is 16.6. The minimum Gasteiger partial charge on any atom is -0.447 e. The number of amides is 4. The Bertz CT molecular complexity index is 863. The molecule has 1 aromatic rings. The van der Waals surface area contributed by atoms with Crippen LogP contribution in [0.3, 0.4) is 0 Å². The summed E-state index contributed by atoms with van der Waals surface area (Å²) >= 11 is 0. The maximum Gasteiger partial charge on any atom is 0.416 e. The highest BCUT2D eigenvalue weighted by Gasteiger charge is 2.52. The monoisotopic (exact) mass is 432 g/mol. The molecule has 2 aliphatic rings. The molecule has 9 nitrogen and oxygen atoms in total. The predicted octanol–water partition coefficient (Wildman–Crippen LogP) is 1.28. The molecule has 0 radical (unpaired) electrons. The van der Waals surface area contributed by atoms with E-state index >= 15 is 0 Å². The average Bonchev–Trinajstić information content (AvgIpc) is 3.23. The molecule has 1 saturated heterocycles. The van der Waals surface area contributed by atoms with Crippen molar-refractivity contribution < 1.29 is 34.1 Å². The third-order valence-electron chi connectivity index (χ3n) is 6.08. The number of rotatable bonds is 7. The zero-order valence-electron chi connectivity index (χ0n) is 18.0. The molecule has 2 aliphatic heterocycles. The van der Waals surface area contributed by atoms with Crippen molar-refractivity contribution in [2.24, 2.45) is 17.8 Å². The van der Waals surface area contributed by atoms with Crippen LogP contribution in [0.1, 0.15) is 48.4 Å². The van der Waals surface area contributed by atoms with Crippen molar-refractivity contribution in [3.63, 3.8) is 0 Å². The zero-order chi connectivity index (χ0) is 23.0. The number of nitrogens with zero attached hydrogens (tertiary/aromatic N) is 2. The Hall–Kier alpha value is -2.78. The second-order valence-electron chi connectivity index (χ2n) is 8.54. The van der Waals surface area contributed by atoms with E-state index in [-0.39, 0.29) is 23.7 Å². The summed E-state index contributed by atoms with van der Waals surface area (Å²) in [7, 11) is 0. The number of fused-ring (bicyclic) bond motifs is 1. The third-order valence-corrected chi connectivity index (χ3v) is 6.08. The molecule has 4 amide bonds. The van der Waals surface area contributed by atoms with E-state index in [4.69, 9.17) is 4.74 Å². The van der Waals surface area contributed by atoms with Crippen molar-refractivity contribution in [2.45, 2.75) is 45.9 Å². The van der Waals surface area contributed by atoms with E-state index in [1.54, 1.807) is 19.1 Å². The van der Waals surface area contributed by atoms with Crippen LogP contribution in [0.15, 0.2) is 24.3 Å². The number of benzene rings is 1. The Balaban J connectivity index is 2.06. The lowest BCUT2D eigenvalue weighted by Crippen LogP contribution is -2.58. The van der Waals surface area contributed by atoms with Gasteiger partial charge in [0, 0.05) is 12.5 Å².